The molecule has 3 N–H and O–H groups in total. The molecule has 0 aromatic heterocycles. The molecular formula is C17H25NO3. The number of hydrogen-bond acceptors (Lipinski definition) is 3. The van der Waals surface area contributed by atoms with Crippen LogP contribution in [0.5, 0.6) is 0 Å². The van der Waals surface area contributed by atoms with Crippen molar-refractivity contribution < 1.29 is 15.0 Å². The van der Waals surface area contributed by atoms with Gasteiger partial charge in [0.05, 0.1) is 18.1 Å². The molecule has 0 aliphatic heterocycles. The van der Waals surface area contributed by atoms with Crippen molar-refractivity contribution in [3.63, 3.8) is 0 Å². The van der Waals surface area contributed by atoms with E-state index in [9.17, 15) is 15.0 Å². The van der Waals surface area contributed by atoms with Gasteiger partial charge in [-0.2, -0.15) is 0 Å². The Labute approximate surface area is 126 Å². The maximum absolute atomic E-state index is 12.0. The van der Waals surface area contributed by atoms with Gasteiger partial charge in [0.25, 0.3) is 0 Å². The summed E-state index contributed by atoms with van der Waals surface area (Å²) in [6.07, 6.45) is 3.67. The number of benzene rings is 1. The average Bonchev–Trinajstić information content (AvgIpc) is 2.47. The number of nitrogens with one attached hydrogen (secondary N) is 1. The summed E-state index contributed by atoms with van der Waals surface area (Å²) in [6, 6.07) is 9.21. The molecule has 1 aliphatic carbocycles. The van der Waals surface area contributed by atoms with Crippen LogP contribution in [0.1, 0.15) is 44.6 Å². The second kappa shape index (κ2) is 7.05. The van der Waals surface area contributed by atoms with Gasteiger partial charge in [0.15, 0.2) is 0 Å². The summed E-state index contributed by atoms with van der Waals surface area (Å²) >= 11 is 0. The van der Waals surface area contributed by atoms with Gasteiger partial charge >= 0.3 is 0 Å². The highest BCUT2D eigenvalue weighted by molar-refractivity contribution is 5.77. The lowest BCUT2D eigenvalue weighted by Gasteiger charge is -2.28. The summed E-state index contributed by atoms with van der Waals surface area (Å²) in [5.41, 5.74) is -0.436. The van der Waals surface area contributed by atoms with Gasteiger partial charge in [-0.05, 0) is 25.3 Å². The molecule has 3 atom stereocenters. The van der Waals surface area contributed by atoms with Gasteiger partial charge in [-0.3, -0.25) is 4.79 Å². The number of aliphatic hydroxyl groups is 2. The zero-order valence-electron chi connectivity index (χ0n) is 12.6. The Morgan fingerprint density at radius 3 is 2.62 bits per heavy atom. The van der Waals surface area contributed by atoms with Crippen molar-refractivity contribution in [2.24, 2.45) is 5.92 Å². The molecule has 1 fully saturated rings. The molecule has 4 nitrogen and oxygen atoms in total. The van der Waals surface area contributed by atoms with E-state index in [0.29, 0.717) is 6.54 Å². The Hall–Kier alpha value is -1.39. The molecule has 1 saturated carbocycles. The minimum atomic E-state index is -1.17. The highest BCUT2D eigenvalue weighted by atomic mass is 16.3. The average molecular weight is 291 g/mol. The second-order valence-corrected chi connectivity index (χ2v) is 6.23. The Morgan fingerprint density at radius 2 is 1.95 bits per heavy atom. The molecule has 0 radical (unpaired) electrons. The third-order valence-electron chi connectivity index (χ3n) is 4.33. The van der Waals surface area contributed by atoms with E-state index in [4.69, 9.17) is 0 Å². The predicted octanol–water partition coefficient (Wildman–Crippen LogP) is 1.95. The van der Waals surface area contributed by atoms with E-state index in [0.717, 1.165) is 31.2 Å². The molecule has 0 saturated heterocycles. The molecule has 4 heteroatoms. The van der Waals surface area contributed by atoms with Crippen LogP contribution in [0.4, 0.5) is 0 Å². The van der Waals surface area contributed by atoms with E-state index in [1.807, 2.05) is 30.3 Å². The Bertz CT molecular complexity index is 458. The first-order valence-corrected chi connectivity index (χ1v) is 7.72. The molecule has 116 valence electrons. The highest BCUT2D eigenvalue weighted by Gasteiger charge is 2.28. The van der Waals surface area contributed by atoms with Gasteiger partial charge in [0.1, 0.15) is 0 Å². The molecular weight excluding hydrogens is 266 g/mol. The molecule has 3 unspecified atom stereocenters. The van der Waals surface area contributed by atoms with Crippen LogP contribution in [0.3, 0.4) is 0 Å². The van der Waals surface area contributed by atoms with Gasteiger partial charge in [0.2, 0.25) is 5.91 Å². The Morgan fingerprint density at radius 1 is 1.29 bits per heavy atom. The quantitative estimate of drug-likeness (QED) is 0.776. The molecule has 0 bridgehead atoms. The number of rotatable bonds is 5. The molecule has 2 rings (SSSR count). The van der Waals surface area contributed by atoms with E-state index >= 15 is 0 Å². The predicted molar refractivity (Wildman–Crippen MR) is 81.6 cm³/mol. The highest BCUT2D eigenvalue weighted by Crippen LogP contribution is 2.25. The third-order valence-corrected chi connectivity index (χ3v) is 4.33. The summed E-state index contributed by atoms with van der Waals surface area (Å²) in [5, 5.41) is 23.2. The van der Waals surface area contributed by atoms with Crippen LogP contribution in [-0.2, 0) is 10.4 Å². The van der Waals surface area contributed by atoms with Crippen molar-refractivity contribution in [2.45, 2.75) is 50.7 Å². The number of amides is 1. The zero-order valence-corrected chi connectivity index (χ0v) is 12.6. The van der Waals surface area contributed by atoms with Crippen LogP contribution in [0.15, 0.2) is 30.3 Å². The first-order valence-electron chi connectivity index (χ1n) is 7.72. The minimum absolute atomic E-state index is 0.0276. The molecule has 1 aliphatic rings. The van der Waals surface area contributed by atoms with Gasteiger partial charge in [0, 0.05) is 12.5 Å². The molecule has 1 amide bonds. The lowest BCUT2D eigenvalue weighted by molar-refractivity contribution is -0.126. The van der Waals surface area contributed by atoms with Crippen molar-refractivity contribution in [1.82, 2.24) is 5.32 Å². The lowest BCUT2D eigenvalue weighted by atomic mass is 9.86. The van der Waals surface area contributed by atoms with Gasteiger partial charge in [-0.25, -0.2) is 0 Å². The van der Waals surface area contributed by atoms with Crippen molar-refractivity contribution in [2.75, 3.05) is 6.54 Å². The van der Waals surface area contributed by atoms with Crippen LogP contribution in [0.2, 0.25) is 0 Å². The topological polar surface area (TPSA) is 69.6 Å². The zero-order chi connectivity index (χ0) is 15.3. The normalized spacial score (nSPS) is 25.1. The van der Waals surface area contributed by atoms with E-state index in [-0.39, 0.29) is 24.3 Å². The summed E-state index contributed by atoms with van der Waals surface area (Å²) in [6.45, 7) is 2.14. The first-order chi connectivity index (χ1) is 9.99. The summed E-state index contributed by atoms with van der Waals surface area (Å²) in [7, 11) is 0. The standard InChI is InChI=1S/C17H25NO3/c1-17(21,14-8-3-2-4-9-14)11-16(20)18-12-13-7-5-6-10-15(13)19/h2-4,8-9,13,15,19,21H,5-7,10-12H2,1H3,(H,18,20). The second-order valence-electron chi connectivity index (χ2n) is 6.23. The number of hydrogen-bond donors (Lipinski definition) is 3. The van der Waals surface area contributed by atoms with Crippen molar-refractivity contribution in [1.29, 1.82) is 0 Å². The SMILES string of the molecule is CC(O)(CC(=O)NCC1CCCCC1O)c1ccccc1. The van der Waals surface area contributed by atoms with Crippen molar-refractivity contribution >= 4 is 5.91 Å². The molecule has 0 spiro atoms. The van der Waals surface area contributed by atoms with Gasteiger partial charge in [-0.1, -0.05) is 43.2 Å². The van der Waals surface area contributed by atoms with E-state index in [2.05, 4.69) is 5.32 Å². The maximum Gasteiger partial charge on any atom is 0.223 e. The summed E-state index contributed by atoms with van der Waals surface area (Å²) in [5.74, 6) is -0.0361. The Balaban J connectivity index is 1.84. The number of aliphatic hydroxyl groups excluding tert-OH is 1. The van der Waals surface area contributed by atoms with Crippen molar-refractivity contribution in [3.05, 3.63) is 35.9 Å². The summed E-state index contributed by atoms with van der Waals surface area (Å²) < 4.78 is 0. The fourth-order valence-corrected chi connectivity index (χ4v) is 2.95. The van der Waals surface area contributed by atoms with E-state index in [1.54, 1.807) is 6.92 Å². The summed E-state index contributed by atoms with van der Waals surface area (Å²) in [4.78, 5) is 12.0. The van der Waals surface area contributed by atoms with Crippen molar-refractivity contribution in [3.8, 4) is 0 Å². The molecule has 1 aromatic carbocycles. The van der Waals surface area contributed by atoms with Crippen LogP contribution in [0.25, 0.3) is 0 Å². The maximum atomic E-state index is 12.0. The smallest absolute Gasteiger partial charge is 0.223 e. The lowest BCUT2D eigenvalue weighted by Crippen LogP contribution is -2.39. The van der Waals surface area contributed by atoms with E-state index < -0.39 is 5.60 Å². The molecule has 0 heterocycles. The van der Waals surface area contributed by atoms with Gasteiger partial charge < -0.3 is 15.5 Å². The Kier molecular flexibility index (Phi) is 5.37. The largest absolute Gasteiger partial charge is 0.393 e. The van der Waals surface area contributed by atoms with E-state index in [1.165, 1.54) is 0 Å². The first kappa shape index (κ1) is 16.0. The van der Waals surface area contributed by atoms with Crippen LogP contribution < -0.4 is 5.32 Å². The minimum Gasteiger partial charge on any atom is -0.393 e. The van der Waals surface area contributed by atoms with Crippen LogP contribution in [-0.4, -0.2) is 28.8 Å². The monoisotopic (exact) mass is 291 g/mol. The number of carbonyl (C=O) groups is 1. The van der Waals surface area contributed by atoms with Crippen LogP contribution in [0, 0.1) is 5.92 Å². The molecule has 1 aromatic rings. The molecule has 21 heavy (non-hydrogen) atoms. The fourth-order valence-electron chi connectivity index (χ4n) is 2.95. The van der Waals surface area contributed by atoms with Crippen LogP contribution >= 0.6 is 0 Å². The number of carbonyl (C=O) groups excluding carboxylic acids is 1. The fraction of sp³-hybridized carbons (Fsp3) is 0.588. The third kappa shape index (κ3) is 4.55. The van der Waals surface area contributed by atoms with Gasteiger partial charge in [-0.15, -0.1) is 0 Å².